The van der Waals surface area contributed by atoms with Crippen molar-refractivity contribution in [3.8, 4) is 0 Å². The van der Waals surface area contributed by atoms with Crippen molar-refractivity contribution in [3.05, 3.63) is 53.3 Å². The van der Waals surface area contributed by atoms with Crippen LogP contribution in [-0.4, -0.2) is 44.8 Å². The van der Waals surface area contributed by atoms with Crippen LogP contribution in [0.3, 0.4) is 0 Å². The minimum Gasteiger partial charge on any atom is -0.333 e. The molecule has 2 aromatic rings. The molecule has 1 saturated carbocycles. The first-order chi connectivity index (χ1) is 14.0. The molecule has 1 aliphatic carbocycles. The highest BCUT2D eigenvalue weighted by Gasteiger charge is 2.60. The zero-order valence-electron chi connectivity index (χ0n) is 17.8. The molecule has 29 heavy (non-hydrogen) atoms. The molecule has 3 fully saturated rings. The first-order valence-corrected chi connectivity index (χ1v) is 11.1. The predicted molar refractivity (Wildman–Crippen MR) is 114 cm³/mol. The number of hydrogen-bond acceptors (Lipinski definition) is 3. The molecule has 1 aromatic heterocycles. The molecule has 3 heterocycles. The van der Waals surface area contributed by atoms with E-state index in [9.17, 15) is 4.79 Å². The maximum atomic E-state index is 13.7. The van der Waals surface area contributed by atoms with Crippen LogP contribution in [0.5, 0.6) is 0 Å². The van der Waals surface area contributed by atoms with Gasteiger partial charge < -0.3 is 10.2 Å². The lowest BCUT2D eigenvalue weighted by Crippen LogP contribution is -2.63. The van der Waals surface area contributed by atoms with Crippen LogP contribution in [0.1, 0.15) is 49.6 Å². The monoisotopic (exact) mass is 392 g/mol. The number of carbonyl (C=O) groups excluding carboxylic acids is 1. The maximum Gasteiger partial charge on any atom is 0.244 e. The molecule has 0 radical (unpaired) electrons. The first-order valence-electron chi connectivity index (χ1n) is 11.1. The van der Waals surface area contributed by atoms with Crippen LogP contribution in [0.4, 0.5) is 0 Å². The van der Waals surface area contributed by atoms with Crippen molar-refractivity contribution >= 4 is 5.91 Å². The summed E-state index contributed by atoms with van der Waals surface area (Å²) in [6.07, 6.45) is 5.66. The van der Waals surface area contributed by atoms with E-state index in [4.69, 9.17) is 0 Å². The highest BCUT2D eigenvalue weighted by atomic mass is 16.2. The average Bonchev–Trinajstić information content (AvgIpc) is 3.20. The molecule has 0 spiro atoms. The second kappa shape index (κ2) is 6.98. The number of hydrogen-bond donors (Lipinski definition) is 1. The summed E-state index contributed by atoms with van der Waals surface area (Å²) < 4.78 is 1.88. The highest BCUT2D eigenvalue weighted by molar-refractivity contribution is 5.77. The second-order valence-electron chi connectivity index (χ2n) is 9.63. The Labute approximate surface area is 173 Å². The Morgan fingerprint density at radius 1 is 1.24 bits per heavy atom. The lowest BCUT2D eigenvalue weighted by atomic mass is 9.64. The number of likely N-dealkylation sites (tertiary alicyclic amines) is 1. The maximum absolute atomic E-state index is 13.7. The molecule has 1 amide bonds. The third kappa shape index (κ3) is 3.10. The Morgan fingerprint density at radius 2 is 2.03 bits per heavy atom. The molecule has 3 aliphatic rings. The van der Waals surface area contributed by atoms with E-state index in [1.54, 1.807) is 0 Å². The van der Waals surface area contributed by atoms with Gasteiger partial charge in [0.2, 0.25) is 5.91 Å². The summed E-state index contributed by atoms with van der Waals surface area (Å²) in [4.78, 5) is 16.0. The van der Waals surface area contributed by atoms with E-state index < -0.39 is 0 Å². The van der Waals surface area contributed by atoms with Gasteiger partial charge in [-0.3, -0.25) is 9.48 Å². The lowest BCUT2D eigenvalue weighted by molar-refractivity contribution is -0.145. The number of amides is 1. The summed E-state index contributed by atoms with van der Waals surface area (Å²) in [5, 5.41) is 8.50. The smallest absolute Gasteiger partial charge is 0.244 e. The molecule has 2 saturated heterocycles. The van der Waals surface area contributed by atoms with Crippen molar-refractivity contribution in [1.29, 1.82) is 0 Å². The molecule has 154 valence electrons. The number of aromatic nitrogens is 2. The van der Waals surface area contributed by atoms with Crippen molar-refractivity contribution in [3.63, 3.8) is 0 Å². The first kappa shape index (κ1) is 18.9. The topological polar surface area (TPSA) is 50.2 Å². The molecule has 5 nitrogen and oxygen atoms in total. The van der Waals surface area contributed by atoms with Gasteiger partial charge in [-0.05, 0) is 57.6 Å². The molecule has 1 aromatic carbocycles. The Bertz CT molecular complexity index is 907. The number of carbonyl (C=O) groups is 1. The van der Waals surface area contributed by atoms with Crippen molar-refractivity contribution in [1.82, 2.24) is 20.0 Å². The van der Waals surface area contributed by atoms with Gasteiger partial charge in [0, 0.05) is 29.2 Å². The van der Waals surface area contributed by atoms with Gasteiger partial charge in [-0.15, -0.1) is 0 Å². The fraction of sp³-hybridized carbons (Fsp3) is 0.583. The quantitative estimate of drug-likeness (QED) is 0.869. The van der Waals surface area contributed by atoms with Crippen molar-refractivity contribution in [2.24, 2.45) is 5.41 Å². The van der Waals surface area contributed by atoms with Crippen LogP contribution in [-0.2, 0) is 17.8 Å². The van der Waals surface area contributed by atoms with E-state index in [2.05, 4.69) is 52.6 Å². The zero-order valence-corrected chi connectivity index (χ0v) is 17.8. The van der Waals surface area contributed by atoms with Crippen LogP contribution in [0.25, 0.3) is 0 Å². The van der Waals surface area contributed by atoms with Gasteiger partial charge in [0.15, 0.2) is 0 Å². The number of nitrogens with one attached hydrogen (secondary N) is 1. The molecule has 5 rings (SSSR count). The van der Waals surface area contributed by atoms with Crippen LogP contribution < -0.4 is 5.32 Å². The molecular formula is C24H32N4O. The van der Waals surface area contributed by atoms with Crippen molar-refractivity contribution in [2.75, 3.05) is 0 Å². The van der Waals surface area contributed by atoms with Crippen LogP contribution in [0.15, 0.2) is 36.4 Å². The van der Waals surface area contributed by atoms with Crippen LogP contribution in [0.2, 0.25) is 0 Å². The summed E-state index contributed by atoms with van der Waals surface area (Å²) in [5.74, 6) is 0.224. The Hall–Kier alpha value is -2.14. The number of aryl methyl sites for hydroxylation is 2. The number of rotatable bonds is 4. The SMILES string of the molecule is Cc1cc(C)n(CC(=O)N2[C@@H](Cc3ccccc3)[C@@H]3C[C@@]4(C)[C@H](CCC[C@@H]24)N3)n1. The number of nitrogens with zero attached hydrogens (tertiary/aromatic N) is 3. The van der Waals surface area contributed by atoms with Gasteiger partial charge in [-0.2, -0.15) is 5.10 Å². The van der Waals surface area contributed by atoms with Gasteiger partial charge in [-0.25, -0.2) is 0 Å². The standard InChI is InChI=1S/C24H32N4O/c1-16-12-17(2)27(26-16)15-23(29)28-20(13-18-8-5-4-6-9-18)19-14-24(3)21(25-19)10-7-11-22(24)28/h4-6,8-9,12,19-22,25H,7,10-11,13-15H2,1-3H3/t19-,20-,21-,22+,24-/m0/s1. The minimum atomic E-state index is 0.195. The summed E-state index contributed by atoms with van der Waals surface area (Å²) in [6, 6.07) is 14.2. The lowest BCUT2D eigenvalue weighted by Gasteiger charge is -2.53. The molecular weight excluding hydrogens is 360 g/mol. The normalized spacial score (nSPS) is 33.1. The second-order valence-corrected chi connectivity index (χ2v) is 9.63. The summed E-state index contributed by atoms with van der Waals surface area (Å²) >= 11 is 0. The van der Waals surface area contributed by atoms with Crippen LogP contribution in [0, 0.1) is 19.3 Å². The van der Waals surface area contributed by atoms with E-state index in [0.29, 0.717) is 24.7 Å². The third-order valence-corrected chi connectivity index (χ3v) is 7.72. The van der Waals surface area contributed by atoms with E-state index in [0.717, 1.165) is 24.2 Å². The Kier molecular flexibility index (Phi) is 4.54. The Balaban J connectivity index is 1.49. The molecule has 2 aliphatic heterocycles. The largest absolute Gasteiger partial charge is 0.333 e. The van der Waals surface area contributed by atoms with Gasteiger partial charge in [-0.1, -0.05) is 37.3 Å². The molecule has 2 bridgehead atoms. The number of benzene rings is 1. The molecule has 5 heteroatoms. The van der Waals surface area contributed by atoms with Gasteiger partial charge in [0.25, 0.3) is 0 Å². The van der Waals surface area contributed by atoms with E-state index in [1.165, 1.54) is 24.8 Å². The summed E-state index contributed by atoms with van der Waals surface area (Å²) in [5.41, 5.74) is 3.54. The molecule has 5 atom stereocenters. The summed E-state index contributed by atoms with van der Waals surface area (Å²) in [6.45, 7) is 6.78. The van der Waals surface area contributed by atoms with Gasteiger partial charge in [0.05, 0.1) is 11.7 Å². The summed E-state index contributed by atoms with van der Waals surface area (Å²) in [7, 11) is 0. The van der Waals surface area contributed by atoms with Gasteiger partial charge >= 0.3 is 0 Å². The average molecular weight is 393 g/mol. The number of fused-ring (bicyclic) bond motifs is 1. The van der Waals surface area contributed by atoms with E-state index in [-0.39, 0.29) is 17.4 Å². The van der Waals surface area contributed by atoms with E-state index in [1.807, 2.05) is 24.6 Å². The minimum absolute atomic E-state index is 0.195. The van der Waals surface area contributed by atoms with Crippen molar-refractivity contribution in [2.45, 2.75) is 83.6 Å². The zero-order chi connectivity index (χ0) is 20.2. The van der Waals surface area contributed by atoms with E-state index >= 15 is 0 Å². The molecule has 1 N–H and O–H groups in total. The van der Waals surface area contributed by atoms with Crippen LogP contribution >= 0.6 is 0 Å². The van der Waals surface area contributed by atoms with Gasteiger partial charge in [0.1, 0.15) is 6.54 Å². The predicted octanol–water partition coefficient (Wildman–Crippen LogP) is 3.24. The van der Waals surface area contributed by atoms with Crippen molar-refractivity contribution < 1.29 is 4.79 Å². The third-order valence-electron chi connectivity index (χ3n) is 7.72. The Morgan fingerprint density at radius 3 is 2.76 bits per heavy atom. The number of piperidine rings is 1. The molecule has 0 unspecified atom stereocenters. The fourth-order valence-electron chi connectivity index (χ4n) is 6.38. The highest BCUT2D eigenvalue weighted by Crippen LogP contribution is 2.52. The fourth-order valence-corrected chi connectivity index (χ4v) is 6.38.